The van der Waals surface area contributed by atoms with Gasteiger partial charge >= 0.3 is 0 Å². The molecule has 2 amide bonds. The lowest BCUT2D eigenvalue weighted by molar-refractivity contribution is -0.123. The minimum Gasteiger partial charge on any atom is -0.484 e. The molecule has 48 heavy (non-hydrogen) atoms. The molecule has 258 valence electrons. The molecule has 0 radical (unpaired) electrons. The fraction of sp³-hybridized carbons (Fsp3) is 0.450. The fourth-order valence-corrected chi connectivity index (χ4v) is 6.25. The lowest BCUT2D eigenvalue weighted by atomic mass is 9.72. The summed E-state index contributed by atoms with van der Waals surface area (Å²) < 4.78 is 11.3. The quantitative estimate of drug-likeness (QED) is 0.135. The third-order valence-electron chi connectivity index (χ3n) is 7.70. The SMILES string of the molecule is CC(C)(C)CC(C)(C)c1ccc(OCC(=O)N/N=C\c2ccc(/C=N\NC(=O)COc3ccc(C(C)(C)CC(C)(C)C)cc3)cc2)cc1. The number of nitrogens with one attached hydrogen (secondary N) is 2. The third-order valence-corrected chi connectivity index (χ3v) is 7.70. The number of hydrogen-bond donors (Lipinski definition) is 2. The van der Waals surface area contributed by atoms with Crippen molar-refractivity contribution in [3.63, 3.8) is 0 Å². The summed E-state index contributed by atoms with van der Waals surface area (Å²) in [7, 11) is 0. The van der Waals surface area contributed by atoms with Gasteiger partial charge < -0.3 is 9.47 Å². The van der Waals surface area contributed by atoms with Crippen molar-refractivity contribution in [1.82, 2.24) is 10.9 Å². The number of rotatable bonds is 14. The molecule has 0 aliphatic carbocycles. The van der Waals surface area contributed by atoms with Gasteiger partial charge in [0.1, 0.15) is 11.5 Å². The van der Waals surface area contributed by atoms with Crippen LogP contribution in [0.1, 0.15) is 104 Å². The fourth-order valence-electron chi connectivity index (χ4n) is 6.25. The summed E-state index contributed by atoms with van der Waals surface area (Å²) in [5, 5.41) is 8.03. The number of amides is 2. The maximum Gasteiger partial charge on any atom is 0.277 e. The normalized spacial score (nSPS) is 12.7. The van der Waals surface area contributed by atoms with Gasteiger partial charge in [0.2, 0.25) is 0 Å². The Morgan fingerprint density at radius 2 is 0.854 bits per heavy atom. The van der Waals surface area contributed by atoms with Crippen LogP contribution < -0.4 is 20.3 Å². The summed E-state index contributed by atoms with van der Waals surface area (Å²) in [5.41, 5.74) is 9.53. The summed E-state index contributed by atoms with van der Waals surface area (Å²) in [4.78, 5) is 24.4. The molecule has 0 unspecified atom stereocenters. The first-order valence-electron chi connectivity index (χ1n) is 16.5. The van der Waals surface area contributed by atoms with Crippen LogP contribution in [0.2, 0.25) is 0 Å². The summed E-state index contributed by atoms with van der Waals surface area (Å²) in [5.74, 6) is 0.547. The van der Waals surface area contributed by atoms with E-state index in [1.807, 2.05) is 48.5 Å². The largest absolute Gasteiger partial charge is 0.484 e. The Hall–Kier alpha value is -4.46. The van der Waals surface area contributed by atoms with Crippen LogP contribution in [0.15, 0.2) is 83.0 Å². The summed E-state index contributed by atoms with van der Waals surface area (Å²) in [6, 6.07) is 23.1. The number of benzene rings is 3. The van der Waals surface area contributed by atoms with Crippen LogP contribution in [0.25, 0.3) is 0 Å². The van der Waals surface area contributed by atoms with Gasteiger partial charge in [-0.25, -0.2) is 10.9 Å². The number of ether oxygens (including phenoxy) is 2. The Kier molecular flexibility index (Phi) is 12.7. The topological polar surface area (TPSA) is 101 Å². The van der Waals surface area contributed by atoms with E-state index < -0.39 is 0 Å². The Labute approximate surface area is 287 Å². The smallest absolute Gasteiger partial charge is 0.277 e. The zero-order valence-electron chi connectivity index (χ0n) is 30.4. The molecule has 8 nitrogen and oxygen atoms in total. The van der Waals surface area contributed by atoms with Gasteiger partial charge in [0.15, 0.2) is 13.2 Å². The summed E-state index contributed by atoms with van der Waals surface area (Å²) in [6.45, 7) is 22.2. The summed E-state index contributed by atoms with van der Waals surface area (Å²) >= 11 is 0. The van der Waals surface area contributed by atoms with Crippen molar-refractivity contribution in [2.45, 2.75) is 92.9 Å². The molecule has 3 aromatic carbocycles. The first-order valence-corrected chi connectivity index (χ1v) is 16.5. The highest BCUT2D eigenvalue weighted by Gasteiger charge is 2.28. The molecule has 0 saturated heterocycles. The molecule has 0 bridgehead atoms. The van der Waals surface area contributed by atoms with Gasteiger partial charge in [-0.2, -0.15) is 10.2 Å². The molecular formula is C40H54N4O4. The van der Waals surface area contributed by atoms with Gasteiger partial charge in [-0.15, -0.1) is 0 Å². The van der Waals surface area contributed by atoms with Crippen molar-refractivity contribution in [2.24, 2.45) is 21.0 Å². The van der Waals surface area contributed by atoms with Gasteiger partial charge in [-0.3, -0.25) is 9.59 Å². The van der Waals surface area contributed by atoms with Gasteiger partial charge in [0.25, 0.3) is 11.8 Å². The Morgan fingerprint density at radius 3 is 1.15 bits per heavy atom. The van der Waals surface area contributed by atoms with Gasteiger partial charge in [0, 0.05) is 0 Å². The van der Waals surface area contributed by atoms with Gasteiger partial charge in [-0.05, 0) is 81.0 Å². The number of carbonyl (C=O) groups excluding carboxylic acids is 2. The Balaban J connectivity index is 1.37. The van der Waals surface area contributed by atoms with Crippen LogP contribution in [0.3, 0.4) is 0 Å². The van der Waals surface area contributed by atoms with Crippen LogP contribution in [-0.4, -0.2) is 37.5 Å². The lowest BCUT2D eigenvalue weighted by Crippen LogP contribution is -2.25. The van der Waals surface area contributed by atoms with E-state index in [1.165, 1.54) is 11.1 Å². The molecule has 0 saturated carbocycles. The van der Waals surface area contributed by atoms with Crippen molar-refractivity contribution in [3.05, 3.63) is 95.1 Å². The second kappa shape index (κ2) is 16.1. The highest BCUT2D eigenvalue weighted by Crippen LogP contribution is 2.37. The second-order valence-corrected chi connectivity index (χ2v) is 16.1. The van der Waals surface area contributed by atoms with E-state index >= 15 is 0 Å². The van der Waals surface area contributed by atoms with Crippen LogP contribution in [0.5, 0.6) is 11.5 Å². The molecule has 0 heterocycles. The molecule has 3 rings (SSSR count). The van der Waals surface area contributed by atoms with E-state index in [1.54, 1.807) is 12.4 Å². The maximum absolute atomic E-state index is 12.2. The van der Waals surface area contributed by atoms with E-state index in [0.717, 1.165) is 24.0 Å². The predicted molar refractivity (Wildman–Crippen MR) is 196 cm³/mol. The van der Waals surface area contributed by atoms with Gasteiger partial charge in [-0.1, -0.05) is 118 Å². The monoisotopic (exact) mass is 654 g/mol. The first kappa shape index (κ1) is 38.0. The minimum absolute atomic E-state index is 0.0390. The van der Waals surface area contributed by atoms with E-state index in [-0.39, 0.29) is 46.7 Å². The van der Waals surface area contributed by atoms with Crippen molar-refractivity contribution in [1.29, 1.82) is 0 Å². The first-order chi connectivity index (χ1) is 22.3. The predicted octanol–water partition coefficient (Wildman–Crippen LogP) is 8.17. The highest BCUT2D eigenvalue weighted by atomic mass is 16.5. The molecule has 0 aliphatic rings. The van der Waals surface area contributed by atoms with Gasteiger partial charge in [0.05, 0.1) is 12.4 Å². The number of hydrazone groups is 2. The minimum atomic E-state index is -0.357. The van der Waals surface area contributed by atoms with Crippen LogP contribution in [0.4, 0.5) is 0 Å². The molecule has 0 fully saturated rings. The second-order valence-electron chi connectivity index (χ2n) is 16.1. The number of nitrogens with zero attached hydrogens (tertiary/aromatic N) is 2. The molecular weight excluding hydrogens is 600 g/mol. The zero-order chi connectivity index (χ0) is 35.6. The zero-order valence-corrected chi connectivity index (χ0v) is 30.4. The average molecular weight is 655 g/mol. The highest BCUT2D eigenvalue weighted by molar-refractivity contribution is 5.86. The Morgan fingerprint density at radius 1 is 0.542 bits per heavy atom. The van der Waals surface area contributed by atoms with E-state index in [2.05, 4.69) is 115 Å². The third kappa shape index (κ3) is 13.3. The number of hydrogen-bond acceptors (Lipinski definition) is 6. The van der Waals surface area contributed by atoms with Crippen LogP contribution in [0, 0.1) is 10.8 Å². The maximum atomic E-state index is 12.2. The van der Waals surface area contributed by atoms with E-state index in [9.17, 15) is 9.59 Å². The van der Waals surface area contributed by atoms with Crippen LogP contribution >= 0.6 is 0 Å². The summed E-state index contributed by atoms with van der Waals surface area (Å²) in [6.07, 6.45) is 5.20. The van der Waals surface area contributed by atoms with Crippen molar-refractivity contribution < 1.29 is 19.1 Å². The van der Waals surface area contributed by atoms with Crippen molar-refractivity contribution in [2.75, 3.05) is 13.2 Å². The van der Waals surface area contributed by atoms with E-state index in [4.69, 9.17) is 9.47 Å². The van der Waals surface area contributed by atoms with Crippen LogP contribution in [-0.2, 0) is 20.4 Å². The molecule has 0 aliphatic heterocycles. The molecule has 0 aromatic heterocycles. The van der Waals surface area contributed by atoms with Crippen molar-refractivity contribution >= 4 is 24.2 Å². The standard InChI is InChI=1S/C40H54N4O4/c1-37(2,3)27-39(7,8)31-15-19-33(20-16-31)47-25-35(45)43-41-23-29-11-13-30(14-12-29)24-42-44-36(46)26-48-34-21-17-32(18-22-34)40(9,10)28-38(4,5)6/h11-24H,25-28H2,1-10H3,(H,43,45)(H,44,46)/b41-23-,42-24-. The number of carbonyl (C=O) groups is 2. The molecule has 8 heteroatoms. The molecule has 0 atom stereocenters. The Bertz CT molecular complexity index is 1420. The average Bonchev–Trinajstić information content (AvgIpc) is 2.98. The molecule has 3 aromatic rings. The molecule has 0 spiro atoms. The molecule has 2 N–H and O–H groups in total. The van der Waals surface area contributed by atoms with E-state index in [0.29, 0.717) is 11.5 Å². The lowest BCUT2D eigenvalue weighted by Gasteiger charge is -2.33. The van der Waals surface area contributed by atoms with Crippen molar-refractivity contribution in [3.8, 4) is 11.5 Å².